The van der Waals surface area contributed by atoms with Gasteiger partial charge in [0.25, 0.3) is 0 Å². The van der Waals surface area contributed by atoms with Crippen LogP contribution in [0.15, 0.2) is 18.2 Å². The minimum atomic E-state index is -0.296. The maximum absolute atomic E-state index is 13.7. The van der Waals surface area contributed by atoms with Gasteiger partial charge in [-0.05, 0) is 24.6 Å². The first-order valence-electron chi connectivity index (χ1n) is 5.19. The van der Waals surface area contributed by atoms with Crippen LogP contribution in [0.5, 0.6) is 0 Å². The molecule has 0 saturated heterocycles. The van der Waals surface area contributed by atoms with Crippen molar-refractivity contribution in [1.29, 1.82) is 5.26 Å². The van der Waals surface area contributed by atoms with Crippen LogP contribution in [-0.2, 0) is 0 Å². The van der Waals surface area contributed by atoms with E-state index in [1.807, 2.05) is 19.1 Å². The van der Waals surface area contributed by atoms with E-state index in [4.69, 9.17) is 11.0 Å². The highest BCUT2D eigenvalue weighted by atomic mass is 19.1. The molecule has 0 radical (unpaired) electrons. The zero-order chi connectivity index (χ0) is 12.1. The van der Waals surface area contributed by atoms with Gasteiger partial charge in [0.15, 0.2) is 0 Å². The van der Waals surface area contributed by atoms with E-state index in [0.29, 0.717) is 18.7 Å². The van der Waals surface area contributed by atoms with Gasteiger partial charge in [-0.3, -0.25) is 0 Å². The molecule has 1 atom stereocenters. The lowest BCUT2D eigenvalue weighted by Crippen LogP contribution is -2.19. The zero-order valence-electron chi connectivity index (χ0n) is 9.57. The summed E-state index contributed by atoms with van der Waals surface area (Å²) in [5, 5.41) is 8.46. The summed E-state index contributed by atoms with van der Waals surface area (Å²) < 4.78 is 13.7. The lowest BCUT2D eigenvalue weighted by atomic mass is 10.1. The van der Waals surface area contributed by atoms with Gasteiger partial charge in [0.05, 0.1) is 18.2 Å². The molecule has 0 amide bonds. The highest BCUT2D eigenvalue weighted by molar-refractivity contribution is 5.48. The molecule has 0 aliphatic heterocycles. The molecule has 0 saturated carbocycles. The van der Waals surface area contributed by atoms with Crippen LogP contribution in [0.2, 0.25) is 0 Å². The summed E-state index contributed by atoms with van der Waals surface area (Å²) in [6.45, 7) is 2.33. The zero-order valence-corrected chi connectivity index (χ0v) is 9.57. The van der Waals surface area contributed by atoms with Crippen molar-refractivity contribution in [3.05, 3.63) is 29.6 Å². The quantitative estimate of drug-likeness (QED) is 0.848. The Kier molecular flexibility index (Phi) is 4.27. The Hall–Kier alpha value is -1.60. The van der Waals surface area contributed by atoms with E-state index < -0.39 is 0 Å². The topological polar surface area (TPSA) is 53.0 Å². The summed E-state index contributed by atoms with van der Waals surface area (Å²) in [4.78, 5) is 1.73. The first-order chi connectivity index (χ1) is 7.56. The Morgan fingerprint density at radius 1 is 1.56 bits per heavy atom. The number of rotatable bonds is 4. The molecule has 86 valence electrons. The SMILES string of the molecule is C[C@H](N)c1ccc(N(C)CCC#N)c(F)c1. The molecule has 0 fully saturated rings. The highest BCUT2D eigenvalue weighted by Gasteiger charge is 2.09. The van der Waals surface area contributed by atoms with Gasteiger partial charge in [0.2, 0.25) is 0 Å². The third kappa shape index (κ3) is 2.94. The number of hydrogen-bond donors (Lipinski definition) is 1. The number of hydrogen-bond acceptors (Lipinski definition) is 3. The number of nitriles is 1. The van der Waals surface area contributed by atoms with E-state index in [-0.39, 0.29) is 11.9 Å². The van der Waals surface area contributed by atoms with Gasteiger partial charge < -0.3 is 10.6 Å². The van der Waals surface area contributed by atoms with Gasteiger partial charge in [-0.2, -0.15) is 5.26 Å². The van der Waals surface area contributed by atoms with E-state index in [9.17, 15) is 4.39 Å². The largest absolute Gasteiger partial charge is 0.371 e. The second-order valence-electron chi connectivity index (χ2n) is 3.83. The molecule has 0 spiro atoms. The van der Waals surface area contributed by atoms with Crippen LogP contribution in [0.1, 0.15) is 24.9 Å². The number of nitrogens with two attached hydrogens (primary N) is 1. The fourth-order valence-corrected chi connectivity index (χ4v) is 1.45. The lowest BCUT2D eigenvalue weighted by molar-refractivity contribution is 0.617. The van der Waals surface area contributed by atoms with Crippen molar-refractivity contribution in [2.24, 2.45) is 5.73 Å². The van der Waals surface area contributed by atoms with Crippen LogP contribution in [0.3, 0.4) is 0 Å². The van der Waals surface area contributed by atoms with E-state index in [0.717, 1.165) is 5.56 Å². The standard InChI is InChI=1S/C12H16FN3/c1-9(15)10-4-5-12(11(13)8-10)16(2)7-3-6-14/h4-5,8-9H,3,7,15H2,1-2H3/t9-/m0/s1. The molecule has 2 N–H and O–H groups in total. The highest BCUT2D eigenvalue weighted by Crippen LogP contribution is 2.21. The third-order valence-corrected chi connectivity index (χ3v) is 2.47. The van der Waals surface area contributed by atoms with Crippen LogP contribution in [-0.4, -0.2) is 13.6 Å². The molecule has 0 aromatic heterocycles. The fraction of sp³-hybridized carbons (Fsp3) is 0.417. The molecular weight excluding hydrogens is 205 g/mol. The first-order valence-corrected chi connectivity index (χ1v) is 5.19. The molecule has 0 heterocycles. The van der Waals surface area contributed by atoms with Crippen molar-refractivity contribution in [2.45, 2.75) is 19.4 Å². The van der Waals surface area contributed by atoms with Crippen molar-refractivity contribution < 1.29 is 4.39 Å². The maximum atomic E-state index is 13.7. The lowest BCUT2D eigenvalue weighted by Gasteiger charge is -2.19. The Morgan fingerprint density at radius 3 is 2.75 bits per heavy atom. The van der Waals surface area contributed by atoms with Crippen molar-refractivity contribution in [1.82, 2.24) is 0 Å². The van der Waals surface area contributed by atoms with Crippen LogP contribution in [0.25, 0.3) is 0 Å². The predicted octanol–water partition coefficient (Wildman–Crippen LogP) is 2.20. The molecule has 1 aromatic rings. The minimum Gasteiger partial charge on any atom is -0.371 e. The van der Waals surface area contributed by atoms with Gasteiger partial charge in [-0.25, -0.2) is 4.39 Å². The van der Waals surface area contributed by atoms with Crippen LogP contribution >= 0.6 is 0 Å². The number of anilines is 1. The number of benzene rings is 1. The van der Waals surface area contributed by atoms with Gasteiger partial charge in [-0.15, -0.1) is 0 Å². The van der Waals surface area contributed by atoms with Crippen LogP contribution < -0.4 is 10.6 Å². The van der Waals surface area contributed by atoms with Crippen molar-refractivity contribution in [2.75, 3.05) is 18.5 Å². The molecule has 4 heteroatoms. The van der Waals surface area contributed by atoms with Crippen molar-refractivity contribution in [3.8, 4) is 6.07 Å². The average molecular weight is 221 g/mol. The monoisotopic (exact) mass is 221 g/mol. The van der Waals surface area contributed by atoms with Gasteiger partial charge in [0, 0.05) is 19.6 Å². The van der Waals surface area contributed by atoms with Gasteiger partial charge in [-0.1, -0.05) is 6.07 Å². The van der Waals surface area contributed by atoms with Crippen LogP contribution in [0.4, 0.5) is 10.1 Å². The molecule has 16 heavy (non-hydrogen) atoms. The Balaban J connectivity index is 2.86. The summed E-state index contributed by atoms with van der Waals surface area (Å²) in [6.07, 6.45) is 0.380. The first kappa shape index (κ1) is 12.5. The Morgan fingerprint density at radius 2 is 2.25 bits per heavy atom. The van der Waals surface area contributed by atoms with E-state index in [2.05, 4.69) is 0 Å². The van der Waals surface area contributed by atoms with Gasteiger partial charge >= 0.3 is 0 Å². The smallest absolute Gasteiger partial charge is 0.146 e. The Labute approximate surface area is 95.3 Å². The number of nitrogens with zero attached hydrogens (tertiary/aromatic N) is 2. The van der Waals surface area contributed by atoms with Gasteiger partial charge in [0.1, 0.15) is 5.82 Å². The molecule has 3 nitrogen and oxygen atoms in total. The predicted molar refractivity (Wildman–Crippen MR) is 62.5 cm³/mol. The molecule has 0 aliphatic rings. The molecule has 0 unspecified atom stereocenters. The van der Waals surface area contributed by atoms with Crippen molar-refractivity contribution in [3.63, 3.8) is 0 Å². The molecule has 0 bridgehead atoms. The van der Waals surface area contributed by atoms with E-state index in [1.165, 1.54) is 6.07 Å². The second-order valence-corrected chi connectivity index (χ2v) is 3.83. The normalized spacial score (nSPS) is 11.9. The van der Waals surface area contributed by atoms with E-state index >= 15 is 0 Å². The summed E-state index contributed by atoms with van der Waals surface area (Å²) in [5.74, 6) is -0.296. The minimum absolute atomic E-state index is 0.173. The fourth-order valence-electron chi connectivity index (χ4n) is 1.45. The third-order valence-electron chi connectivity index (χ3n) is 2.47. The number of halogens is 1. The maximum Gasteiger partial charge on any atom is 0.146 e. The molecular formula is C12H16FN3. The molecule has 0 aliphatic carbocycles. The summed E-state index contributed by atoms with van der Waals surface area (Å²) in [7, 11) is 1.77. The summed E-state index contributed by atoms with van der Waals surface area (Å²) in [6, 6.07) is 6.82. The Bertz CT molecular complexity index is 396. The average Bonchev–Trinajstić information content (AvgIpc) is 2.25. The molecule has 1 rings (SSSR count). The van der Waals surface area contributed by atoms with Crippen molar-refractivity contribution >= 4 is 5.69 Å². The second kappa shape index (κ2) is 5.47. The molecule has 1 aromatic carbocycles. The van der Waals surface area contributed by atoms with E-state index in [1.54, 1.807) is 18.0 Å². The summed E-state index contributed by atoms with van der Waals surface area (Å²) in [5.41, 5.74) is 6.94. The van der Waals surface area contributed by atoms with Crippen LogP contribution in [0, 0.1) is 17.1 Å². The summed E-state index contributed by atoms with van der Waals surface area (Å²) >= 11 is 0.